The van der Waals surface area contributed by atoms with E-state index in [4.69, 9.17) is 9.47 Å². The van der Waals surface area contributed by atoms with Gasteiger partial charge in [-0.15, -0.1) is 11.3 Å². The average Bonchev–Trinajstić information content (AvgIpc) is 3.35. The third-order valence-electron chi connectivity index (χ3n) is 6.01. The van der Waals surface area contributed by atoms with Crippen LogP contribution in [0.1, 0.15) is 31.2 Å². The van der Waals surface area contributed by atoms with Gasteiger partial charge in [0.25, 0.3) is 11.8 Å². The summed E-state index contributed by atoms with van der Waals surface area (Å²) in [7, 11) is 3.03. The highest BCUT2D eigenvalue weighted by molar-refractivity contribution is 7.17. The SMILES string of the molecule is COc1cc(NC(=O)c2cc3c(s2)-c2ccccc2CC3)c(OC)cc1NC(=O)c1ccccc1. The normalized spacial score (nSPS) is 11.7. The molecule has 0 spiro atoms. The number of methoxy groups -OCH3 is 2. The highest BCUT2D eigenvalue weighted by Crippen LogP contribution is 2.41. The van der Waals surface area contributed by atoms with Crippen LogP contribution in [0.4, 0.5) is 11.4 Å². The molecule has 35 heavy (non-hydrogen) atoms. The smallest absolute Gasteiger partial charge is 0.265 e. The van der Waals surface area contributed by atoms with Gasteiger partial charge in [-0.05, 0) is 47.7 Å². The van der Waals surface area contributed by atoms with E-state index in [0.29, 0.717) is 33.3 Å². The molecule has 1 aliphatic carbocycles. The van der Waals surface area contributed by atoms with Crippen LogP contribution in [0.25, 0.3) is 10.4 Å². The van der Waals surface area contributed by atoms with Gasteiger partial charge >= 0.3 is 0 Å². The highest BCUT2D eigenvalue weighted by atomic mass is 32.1. The van der Waals surface area contributed by atoms with Gasteiger partial charge in [-0.3, -0.25) is 9.59 Å². The average molecular weight is 485 g/mol. The van der Waals surface area contributed by atoms with Gasteiger partial charge in [0, 0.05) is 22.6 Å². The van der Waals surface area contributed by atoms with Crippen LogP contribution in [0.15, 0.2) is 72.8 Å². The molecule has 2 amide bonds. The van der Waals surface area contributed by atoms with Gasteiger partial charge in [-0.1, -0.05) is 42.5 Å². The zero-order valence-corrected chi connectivity index (χ0v) is 20.2. The summed E-state index contributed by atoms with van der Waals surface area (Å²) in [5.41, 5.74) is 5.14. The van der Waals surface area contributed by atoms with E-state index in [1.807, 2.05) is 18.2 Å². The Morgan fingerprint density at radius 2 is 1.34 bits per heavy atom. The predicted octanol–water partition coefficient (Wildman–Crippen LogP) is 6.04. The molecule has 6 nitrogen and oxygen atoms in total. The van der Waals surface area contributed by atoms with Crippen LogP contribution >= 0.6 is 11.3 Å². The Kier molecular flexibility index (Phi) is 6.25. The second-order valence-corrected chi connectivity index (χ2v) is 9.20. The van der Waals surface area contributed by atoms with Crippen molar-refractivity contribution in [3.63, 3.8) is 0 Å². The molecule has 5 rings (SSSR count). The fraction of sp³-hybridized carbons (Fsp3) is 0.143. The summed E-state index contributed by atoms with van der Waals surface area (Å²) >= 11 is 1.50. The van der Waals surface area contributed by atoms with Crippen LogP contribution in [0.3, 0.4) is 0 Å². The maximum Gasteiger partial charge on any atom is 0.265 e. The van der Waals surface area contributed by atoms with Gasteiger partial charge < -0.3 is 20.1 Å². The molecule has 7 heteroatoms. The number of carbonyl (C=O) groups is 2. The molecule has 1 heterocycles. The van der Waals surface area contributed by atoms with Gasteiger partial charge in [0.05, 0.1) is 30.5 Å². The van der Waals surface area contributed by atoms with Crippen molar-refractivity contribution in [2.24, 2.45) is 0 Å². The second kappa shape index (κ2) is 9.64. The van der Waals surface area contributed by atoms with E-state index in [2.05, 4.69) is 28.8 Å². The summed E-state index contributed by atoms with van der Waals surface area (Å²) in [5, 5.41) is 5.80. The van der Waals surface area contributed by atoms with Crippen molar-refractivity contribution in [1.82, 2.24) is 0 Å². The molecule has 0 aliphatic heterocycles. The fourth-order valence-electron chi connectivity index (χ4n) is 4.24. The predicted molar refractivity (Wildman–Crippen MR) is 139 cm³/mol. The Morgan fingerprint density at radius 3 is 2.03 bits per heavy atom. The first-order valence-corrected chi connectivity index (χ1v) is 12.0. The molecule has 0 bridgehead atoms. The van der Waals surface area contributed by atoms with Gasteiger partial charge in [-0.2, -0.15) is 0 Å². The number of thiophene rings is 1. The van der Waals surface area contributed by atoms with E-state index in [1.165, 1.54) is 42.2 Å². The number of amides is 2. The zero-order valence-electron chi connectivity index (χ0n) is 19.4. The Hall–Kier alpha value is -4.10. The third kappa shape index (κ3) is 4.50. The number of hydrogen-bond acceptors (Lipinski definition) is 5. The summed E-state index contributed by atoms with van der Waals surface area (Å²) in [6.07, 6.45) is 1.89. The van der Waals surface area contributed by atoms with Gasteiger partial charge in [-0.25, -0.2) is 0 Å². The lowest BCUT2D eigenvalue weighted by molar-refractivity contribution is 0.101. The van der Waals surface area contributed by atoms with E-state index >= 15 is 0 Å². The summed E-state index contributed by atoms with van der Waals surface area (Å²) in [4.78, 5) is 27.6. The number of fused-ring (bicyclic) bond motifs is 3. The van der Waals surface area contributed by atoms with Crippen LogP contribution in [-0.2, 0) is 12.8 Å². The lowest BCUT2D eigenvalue weighted by atomic mass is 9.91. The summed E-state index contributed by atoms with van der Waals surface area (Å²) in [6, 6.07) is 22.5. The molecular weight excluding hydrogens is 460 g/mol. The molecule has 2 N–H and O–H groups in total. The molecule has 176 valence electrons. The second-order valence-electron chi connectivity index (χ2n) is 8.15. The van der Waals surface area contributed by atoms with Crippen molar-refractivity contribution >= 4 is 34.5 Å². The van der Waals surface area contributed by atoms with E-state index in [9.17, 15) is 9.59 Å². The van der Waals surface area contributed by atoms with Crippen LogP contribution in [-0.4, -0.2) is 26.0 Å². The molecule has 0 saturated heterocycles. The summed E-state index contributed by atoms with van der Waals surface area (Å²) < 4.78 is 11.0. The summed E-state index contributed by atoms with van der Waals surface area (Å²) in [5.74, 6) is 0.328. The monoisotopic (exact) mass is 484 g/mol. The topological polar surface area (TPSA) is 76.7 Å². The lowest BCUT2D eigenvalue weighted by Gasteiger charge is -2.16. The van der Waals surface area contributed by atoms with E-state index < -0.39 is 0 Å². The van der Waals surface area contributed by atoms with Crippen molar-refractivity contribution in [3.8, 4) is 21.9 Å². The highest BCUT2D eigenvalue weighted by Gasteiger charge is 2.23. The first kappa shape index (κ1) is 22.7. The molecule has 0 atom stereocenters. The summed E-state index contributed by atoms with van der Waals surface area (Å²) in [6.45, 7) is 0. The van der Waals surface area contributed by atoms with E-state index in [1.54, 1.807) is 36.4 Å². The molecule has 3 aromatic carbocycles. The molecule has 1 aromatic heterocycles. The number of nitrogens with one attached hydrogen (secondary N) is 2. The van der Waals surface area contributed by atoms with Gasteiger partial charge in [0.15, 0.2) is 0 Å². The fourth-order valence-corrected chi connectivity index (χ4v) is 5.41. The standard InChI is InChI=1S/C28H24N2O4S/c1-33-23-16-22(24(34-2)15-21(23)29-27(31)18-9-4-3-5-10-18)30-28(32)25-14-19-13-12-17-8-6-7-11-20(17)26(19)35-25/h3-11,14-16H,12-13H2,1-2H3,(H,29,31)(H,30,32). The van der Waals surface area contributed by atoms with Crippen LogP contribution in [0, 0.1) is 0 Å². The van der Waals surface area contributed by atoms with Crippen molar-refractivity contribution in [2.75, 3.05) is 24.9 Å². The zero-order chi connectivity index (χ0) is 24.4. The largest absolute Gasteiger partial charge is 0.494 e. The van der Waals surface area contributed by atoms with Crippen molar-refractivity contribution in [3.05, 3.63) is 94.4 Å². The Morgan fingerprint density at radius 1 is 0.743 bits per heavy atom. The van der Waals surface area contributed by atoms with Crippen LogP contribution in [0.2, 0.25) is 0 Å². The lowest BCUT2D eigenvalue weighted by Crippen LogP contribution is -2.14. The number of benzene rings is 3. The molecule has 0 unspecified atom stereocenters. The van der Waals surface area contributed by atoms with E-state index in [0.717, 1.165) is 17.7 Å². The van der Waals surface area contributed by atoms with Crippen LogP contribution in [0.5, 0.6) is 11.5 Å². The van der Waals surface area contributed by atoms with Gasteiger partial charge in [0.2, 0.25) is 0 Å². The molecular formula is C28H24N2O4S. The van der Waals surface area contributed by atoms with Crippen LogP contribution < -0.4 is 20.1 Å². The molecule has 0 radical (unpaired) electrons. The van der Waals surface area contributed by atoms with Crippen molar-refractivity contribution in [2.45, 2.75) is 12.8 Å². The van der Waals surface area contributed by atoms with Crippen molar-refractivity contribution < 1.29 is 19.1 Å². The number of carbonyl (C=O) groups excluding carboxylic acids is 2. The molecule has 0 fully saturated rings. The quantitative estimate of drug-likeness (QED) is 0.350. The minimum absolute atomic E-state index is 0.219. The molecule has 4 aromatic rings. The number of anilines is 2. The maximum absolute atomic E-state index is 13.2. The minimum Gasteiger partial charge on any atom is -0.494 e. The van der Waals surface area contributed by atoms with E-state index in [-0.39, 0.29) is 11.8 Å². The van der Waals surface area contributed by atoms with Gasteiger partial charge in [0.1, 0.15) is 11.5 Å². The Balaban J connectivity index is 1.40. The third-order valence-corrected chi connectivity index (χ3v) is 7.22. The Labute approximate surface area is 207 Å². The number of ether oxygens (including phenoxy) is 2. The maximum atomic E-state index is 13.2. The molecule has 0 saturated carbocycles. The molecule has 1 aliphatic rings. The number of aryl methyl sites for hydroxylation is 2. The minimum atomic E-state index is -0.271. The Bertz CT molecular complexity index is 1410. The first-order valence-electron chi connectivity index (χ1n) is 11.2. The first-order chi connectivity index (χ1) is 17.1. The van der Waals surface area contributed by atoms with Crippen molar-refractivity contribution in [1.29, 1.82) is 0 Å². The number of rotatable bonds is 6. The number of hydrogen-bond donors (Lipinski definition) is 2.